The maximum Gasteiger partial charge on any atom is 0.230 e. The van der Waals surface area contributed by atoms with Gasteiger partial charge in [-0.2, -0.15) is 0 Å². The molecule has 112 valence electrons. The number of hydrogen-bond acceptors (Lipinski definition) is 3. The molecule has 1 N–H and O–H groups in total. The Morgan fingerprint density at radius 3 is 3.00 bits per heavy atom. The van der Waals surface area contributed by atoms with E-state index in [2.05, 4.69) is 10.2 Å². The normalized spacial score (nSPS) is 31.2. The highest BCUT2D eigenvalue weighted by Crippen LogP contribution is 2.36. The average molecular weight is 286 g/mol. The predicted molar refractivity (Wildman–Crippen MR) is 80.3 cm³/mol. The number of ether oxygens (including phenoxy) is 1. The van der Waals surface area contributed by atoms with Crippen LogP contribution in [0.1, 0.15) is 24.3 Å². The second kappa shape index (κ2) is 5.34. The summed E-state index contributed by atoms with van der Waals surface area (Å²) in [4.78, 5) is 15.1. The third-order valence-electron chi connectivity index (χ3n) is 5.27. The van der Waals surface area contributed by atoms with Crippen LogP contribution in [0.2, 0.25) is 0 Å². The van der Waals surface area contributed by atoms with Crippen LogP contribution in [0, 0.1) is 11.8 Å². The van der Waals surface area contributed by atoms with Crippen molar-refractivity contribution in [3.05, 3.63) is 29.8 Å². The Hall–Kier alpha value is -1.55. The van der Waals surface area contributed by atoms with Gasteiger partial charge in [0.25, 0.3) is 0 Å². The number of para-hydroxylation sites is 1. The number of carbonyl (C=O) groups excluding carboxylic acids is 1. The summed E-state index contributed by atoms with van der Waals surface area (Å²) in [6, 6.07) is 7.99. The van der Waals surface area contributed by atoms with E-state index in [0.717, 1.165) is 56.3 Å². The summed E-state index contributed by atoms with van der Waals surface area (Å²) in [5.41, 5.74) is 1.07. The van der Waals surface area contributed by atoms with Crippen LogP contribution in [0.25, 0.3) is 0 Å². The molecule has 0 radical (unpaired) electrons. The zero-order chi connectivity index (χ0) is 14.2. The summed E-state index contributed by atoms with van der Waals surface area (Å²) in [7, 11) is 0. The number of hydrogen-bond donors (Lipinski definition) is 1. The van der Waals surface area contributed by atoms with E-state index in [1.54, 1.807) is 0 Å². The summed E-state index contributed by atoms with van der Waals surface area (Å²) >= 11 is 0. The zero-order valence-electron chi connectivity index (χ0n) is 12.3. The number of carbonyl (C=O) groups is 1. The highest BCUT2D eigenvalue weighted by atomic mass is 16.5. The van der Waals surface area contributed by atoms with Gasteiger partial charge in [0.1, 0.15) is 5.75 Å². The third-order valence-corrected chi connectivity index (χ3v) is 5.27. The van der Waals surface area contributed by atoms with Gasteiger partial charge in [-0.3, -0.25) is 4.79 Å². The van der Waals surface area contributed by atoms with E-state index in [-0.39, 0.29) is 5.92 Å². The van der Waals surface area contributed by atoms with E-state index in [9.17, 15) is 4.79 Å². The van der Waals surface area contributed by atoms with Crippen LogP contribution in [0.4, 0.5) is 0 Å². The van der Waals surface area contributed by atoms with Gasteiger partial charge in [-0.25, -0.2) is 0 Å². The van der Waals surface area contributed by atoms with Crippen molar-refractivity contribution in [1.82, 2.24) is 10.2 Å². The molecule has 0 bridgehead atoms. The first kappa shape index (κ1) is 13.1. The predicted octanol–water partition coefficient (Wildman–Crippen LogP) is 1.62. The summed E-state index contributed by atoms with van der Waals surface area (Å²) in [5.74, 6) is 2.60. The van der Waals surface area contributed by atoms with Crippen molar-refractivity contribution >= 4 is 5.91 Å². The van der Waals surface area contributed by atoms with Gasteiger partial charge in [-0.15, -0.1) is 0 Å². The van der Waals surface area contributed by atoms with Crippen LogP contribution in [0.15, 0.2) is 24.3 Å². The van der Waals surface area contributed by atoms with E-state index >= 15 is 0 Å². The number of nitrogens with one attached hydrogen (secondary N) is 1. The molecule has 3 aliphatic heterocycles. The maximum atomic E-state index is 13.0. The number of likely N-dealkylation sites (tertiary alicyclic amines) is 1. The van der Waals surface area contributed by atoms with Crippen molar-refractivity contribution < 1.29 is 9.53 Å². The van der Waals surface area contributed by atoms with Crippen molar-refractivity contribution in [2.75, 3.05) is 32.8 Å². The van der Waals surface area contributed by atoms with Crippen LogP contribution in [-0.4, -0.2) is 43.6 Å². The molecule has 4 rings (SSSR count). The van der Waals surface area contributed by atoms with Crippen molar-refractivity contribution in [1.29, 1.82) is 0 Å². The molecule has 1 amide bonds. The Morgan fingerprint density at radius 2 is 2.05 bits per heavy atom. The van der Waals surface area contributed by atoms with E-state index in [4.69, 9.17) is 4.74 Å². The summed E-state index contributed by atoms with van der Waals surface area (Å²) < 4.78 is 5.68. The average Bonchev–Trinajstić information content (AvgIpc) is 3.01. The fourth-order valence-corrected chi connectivity index (χ4v) is 4.05. The molecule has 1 aromatic rings. The largest absolute Gasteiger partial charge is 0.493 e. The second-order valence-electron chi connectivity index (χ2n) is 6.48. The Morgan fingerprint density at radius 1 is 1.19 bits per heavy atom. The van der Waals surface area contributed by atoms with Gasteiger partial charge >= 0.3 is 0 Å². The minimum atomic E-state index is -0.0131. The van der Waals surface area contributed by atoms with Crippen molar-refractivity contribution in [3.8, 4) is 5.75 Å². The molecule has 3 atom stereocenters. The Balaban J connectivity index is 1.53. The third kappa shape index (κ3) is 2.31. The molecule has 0 saturated carbocycles. The molecule has 4 nitrogen and oxygen atoms in total. The molecule has 1 aromatic carbocycles. The number of amides is 1. The molecular formula is C17H22N2O2. The molecule has 3 heterocycles. The molecule has 4 heteroatoms. The minimum Gasteiger partial charge on any atom is -0.493 e. The van der Waals surface area contributed by atoms with Gasteiger partial charge in [0, 0.05) is 18.7 Å². The highest BCUT2D eigenvalue weighted by Gasteiger charge is 2.37. The first-order valence-electron chi connectivity index (χ1n) is 8.04. The standard InChI is InChI=1S/C17H22N2O2/c20-17(19-7-5-12-9-18-10-13(12)11-19)15-6-8-21-16-4-2-1-3-14(15)16/h1-4,12-13,15,18H,5-11H2. The molecular weight excluding hydrogens is 264 g/mol. The van der Waals surface area contributed by atoms with E-state index in [1.165, 1.54) is 0 Å². The summed E-state index contributed by atoms with van der Waals surface area (Å²) in [5, 5.41) is 3.46. The number of nitrogens with zero attached hydrogens (tertiary/aromatic N) is 1. The van der Waals surface area contributed by atoms with Gasteiger partial charge < -0.3 is 15.0 Å². The van der Waals surface area contributed by atoms with E-state index in [1.807, 2.05) is 24.3 Å². The smallest absolute Gasteiger partial charge is 0.230 e. The first-order chi connectivity index (χ1) is 10.3. The van der Waals surface area contributed by atoms with E-state index < -0.39 is 0 Å². The van der Waals surface area contributed by atoms with Crippen molar-refractivity contribution in [2.45, 2.75) is 18.8 Å². The van der Waals surface area contributed by atoms with Crippen molar-refractivity contribution in [2.24, 2.45) is 11.8 Å². The van der Waals surface area contributed by atoms with Crippen LogP contribution in [-0.2, 0) is 4.79 Å². The first-order valence-corrected chi connectivity index (χ1v) is 8.04. The lowest BCUT2D eigenvalue weighted by molar-refractivity contribution is -0.135. The van der Waals surface area contributed by atoms with Crippen molar-refractivity contribution in [3.63, 3.8) is 0 Å². The minimum absolute atomic E-state index is 0.0131. The molecule has 21 heavy (non-hydrogen) atoms. The topological polar surface area (TPSA) is 41.6 Å². The lowest BCUT2D eigenvalue weighted by Gasteiger charge is -2.37. The van der Waals surface area contributed by atoms with Gasteiger partial charge in [-0.1, -0.05) is 18.2 Å². The maximum absolute atomic E-state index is 13.0. The van der Waals surface area contributed by atoms with Crippen LogP contribution < -0.4 is 10.1 Å². The van der Waals surface area contributed by atoms with Gasteiger partial charge in [-0.05, 0) is 43.8 Å². The summed E-state index contributed by atoms with van der Waals surface area (Å²) in [6.07, 6.45) is 1.95. The molecule has 3 aliphatic rings. The summed E-state index contributed by atoms with van der Waals surface area (Å²) in [6.45, 7) is 4.69. The highest BCUT2D eigenvalue weighted by molar-refractivity contribution is 5.85. The quantitative estimate of drug-likeness (QED) is 0.853. The van der Waals surface area contributed by atoms with E-state index in [0.29, 0.717) is 18.4 Å². The Kier molecular flexibility index (Phi) is 3.34. The molecule has 2 saturated heterocycles. The van der Waals surface area contributed by atoms with Crippen LogP contribution in [0.5, 0.6) is 5.75 Å². The number of fused-ring (bicyclic) bond motifs is 2. The zero-order valence-corrected chi connectivity index (χ0v) is 12.3. The number of rotatable bonds is 1. The molecule has 3 unspecified atom stereocenters. The molecule has 0 aromatic heterocycles. The van der Waals surface area contributed by atoms with Gasteiger partial charge in [0.05, 0.1) is 12.5 Å². The van der Waals surface area contributed by atoms with Crippen LogP contribution >= 0.6 is 0 Å². The number of benzene rings is 1. The SMILES string of the molecule is O=C(C1CCOc2ccccc21)N1CCC2CNCC2C1. The fraction of sp³-hybridized carbons (Fsp3) is 0.588. The molecule has 0 aliphatic carbocycles. The lowest BCUT2D eigenvalue weighted by Crippen LogP contribution is -2.46. The van der Waals surface area contributed by atoms with Crippen LogP contribution in [0.3, 0.4) is 0 Å². The fourth-order valence-electron chi connectivity index (χ4n) is 4.05. The Bertz CT molecular complexity index is 545. The lowest BCUT2D eigenvalue weighted by atomic mass is 9.86. The Labute approximate surface area is 125 Å². The van der Waals surface area contributed by atoms with Gasteiger partial charge in [0.2, 0.25) is 5.91 Å². The second-order valence-corrected chi connectivity index (χ2v) is 6.48. The number of piperidine rings is 1. The van der Waals surface area contributed by atoms with Gasteiger partial charge in [0.15, 0.2) is 0 Å². The molecule has 2 fully saturated rings. The monoisotopic (exact) mass is 286 g/mol. The molecule has 0 spiro atoms.